The minimum Gasteiger partial charge on any atom is -0.448 e. The summed E-state index contributed by atoms with van der Waals surface area (Å²) in [5, 5.41) is 0. The van der Waals surface area contributed by atoms with E-state index in [2.05, 4.69) is 17.1 Å². The number of esters is 1. The second-order valence-corrected chi connectivity index (χ2v) is 7.91. The molecule has 2 heterocycles. The summed E-state index contributed by atoms with van der Waals surface area (Å²) in [6.07, 6.45) is 1.92. The Morgan fingerprint density at radius 3 is 2.45 bits per heavy atom. The Balaban J connectivity index is 1.22. The molecule has 1 fully saturated rings. The fourth-order valence-electron chi connectivity index (χ4n) is 4.28. The van der Waals surface area contributed by atoms with Gasteiger partial charge >= 0.3 is 12.1 Å². The van der Waals surface area contributed by atoms with Crippen LogP contribution in [0.4, 0.5) is 9.18 Å². The van der Waals surface area contributed by atoms with Crippen LogP contribution < -0.4 is 0 Å². The lowest BCUT2D eigenvalue weighted by Gasteiger charge is -2.21. The SMILES string of the molecule is O=C1OCN(C(=O)OCC2c3ccccc3-c3ccccc32)[C@H]1COCc1cncc(F)c1. The third kappa shape index (κ3) is 4.17. The lowest BCUT2D eigenvalue weighted by atomic mass is 9.98. The van der Waals surface area contributed by atoms with E-state index in [1.54, 1.807) is 0 Å². The lowest BCUT2D eigenvalue weighted by Crippen LogP contribution is -2.41. The summed E-state index contributed by atoms with van der Waals surface area (Å²) in [7, 11) is 0. The number of ether oxygens (including phenoxy) is 3. The summed E-state index contributed by atoms with van der Waals surface area (Å²) in [6, 6.07) is 16.5. The molecule has 8 heteroatoms. The highest BCUT2D eigenvalue weighted by atomic mass is 19.1. The van der Waals surface area contributed by atoms with Crippen LogP contribution in [0, 0.1) is 5.82 Å². The number of halogens is 1. The van der Waals surface area contributed by atoms with E-state index in [0.29, 0.717) is 5.56 Å². The zero-order valence-corrected chi connectivity index (χ0v) is 17.6. The molecule has 0 saturated carbocycles. The molecule has 0 radical (unpaired) electrons. The molecule has 168 valence electrons. The van der Waals surface area contributed by atoms with E-state index in [1.807, 2.05) is 36.4 Å². The first-order valence-corrected chi connectivity index (χ1v) is 10.6. The molecule has 1 saturated heterocycles. The average molecular weight is 448 g/mol. The van der Waals surface area contributed by atoms with Crippen molar-refractivity contribution in [3.63, 3.8) is 0 Å². The van der Waals surface area contributed by atoms with Crippen LogP contribution in [0.25, 0.3) is 11.1 Å². The summed E-state index contributed by atoms with van der Waals surface area (Å²) < 4.78 is 29.4. The van der Waals surface area contributed by atoms with Crippen molar-refractivity contribution in [3.05, 3.63) is 89.5 Å². The van der Waals surface area contributed by atoms with Gasteiger partial charge in [-0.05, 0) is 33.9 Å². The highest BCUT2D eigenvalue weighted by molar-refractivity contribution is 5.84. The van der Waals surface area contributed by atoms with Gasteiger partial charge in [0, 0.05) is 12.1 Å². The fraction of sp³-hybridized carbons (Fsp3) is 0.240. The van der Waals surface area contributed by atoms with Gasteiger partial charge in [-0.3, -0.25) is 9.88 Å². The van der Waals surface area contributed by atoms with E-state index in [0.717, 1.165) is 28.5 Å². The molecule has 0 N–H and O–H groups in total. The van der Waals surface area contributed by atoms with Gasteiger partial charge in [-0.25, -0.2) is 14.0 Å². The van der Waals surface area contributed by atoms with Gasteiger partial charge in [-0.15, -0.1) is 0 Å². The number of benzene rings is 2. The number of amides is 1. The molecule has 3 aromatic rings. The predicted molar refractivity (Wildman–Crippen MR) is 116 cm³/mol. The molecule has 7 nitrogen and oxygen atoms in total. The number of carbonyl (C=O) groups excluding carboxylic acids is 2. The van der Waals surface area contributed by atoms with Gasteiger partial charge in [0.25, 0.3) is 0 Å². The number of cyclic esters (lactones) is 1. The van der Waals surface area contributed by atoms with E-state index < -0.39 is 23.9 Å². The van der Waals surface area contributed by atoms with Crippen LogP contribution in [0.5, 0.6) is 0 Å². The molecule has 0 bridgehead atoms. The van der Waals surface area contributed by atoms with Crippen molar-refractivity contribution in [2.45, 2.75) is 18.6 Å². The predicted octanol–water partition coefficient (Wildman–Crippen LogP) is 3.87. The Bertz CT molecular complexity index is 1160. The van der Waals surface area contributed by atoms with Crippen LogP contribution in [-0.2, 0) is 25.6 Å². The van der Waals surface area contributed by atoms with Crippen molar-refractivity contribution < 1.29 is 28.2 Å². The maximum Gasteiger partial charge on any atom is 0.413 e. The molecule has 1 aromatic heterocycles. The third-order valence-corrected chi connectivity index (χ3v) is 5.87. The number of carbonyl (C=O) groups is 2. The minimum atomic E-state index is -0.929. The van der Waals surface area contributed by atoms with Crippen molar-refractivity contribution in [3.8, 4) is 11.1 Å². The van der Waals surface area contributed by atoms with Crippen molar-refractivity contribution in [2.24, 2.45) is 0 Å². The zero-order chi connectivity index (χ0) is 22.8. The quantitative estimate of drug-likeness (QED) is 0.533. The Labute approximate surface area is 189 Å². The van der Waals surface area contributed by atoms with Crippen LogP contribution in [0.3, 0.4) is 0 Å². The molecular weight excluding hydrogens is 427 g/mol. The van der Waals surface area contributed by atoms with Gasteiger partial charge in [-0.1, -0.05) is 48.5 Å². The first kappa shape index (κ1) is 21.1. The summed E-state index contributed by atoms with van der Waals surface area (Å²) in [4.78, 5) is 29.9. The average Bonchev–Trinajstić information content (AvgIpc) is 3.35. The van der Waals surface area contributed by atoms with Crippen LogP contribution in [0.15, 0.2) is 67.0 Å². The van der Waals surface area contributed by atoms with E-state index in [1.165, 1.54) is 17.2 Å². The van der Waals surface area contributed by atoms with Crippen LogP contribution in [0.1, 0.15) is 22.6 Å². The molecule has 1 amide bonds. The Morgan fingerprint density at radius 2 is 1.76 bits per heavy atom. The third-order valence-electron chi connectivity index (χ3n) is 5.87. The molecule has 2 aromatic carbocycles. The number of fused-ring (bicyclic) bond motifs is 3. The summed E-state index contributed by atoms with van der Waals surface area (Å²) in [6.45, 7) is -0.113. The standard InChI is InChI=1S/C25H21FN2O5/c26-17-9-16(10-27-11-17)12-31-14-23-24(29)33-15-28(23)25(30)32-13-22-20-7-3-1-5-18(20)19-6-2-4-8-21(19)22/h1-11,22-23H,12-15H2/t23-/m0/s1. The van der Waals surface area contributed by atoms with Gasteiger partial charge < -0.3 is 14.2 Å². The second kappa shape index (κ2) is 8.99. The van der Waals surface area contributed by atoms with E-state index in [-0.39, 0.29) is 32.5 Å². The first-order valence-electron chi connectivity index (χ1n) is 10.6. The lowest BCUT2D eigenvalue weighted by molar-refractivity contribution is -0.140. The Morgan fingerprint density at radius 1 is 1.06 bits per heavy atom. The van der Waals surface area contributed by atoms with Gasteiger partial charge in [0.15, 0.2) is 12.8 Å². The Kier molecular flexibility index (Phi) is 5.75. The molecule has 33 heavy (non-hydrogen) atoms. The number of pyridine rings is 1. The maximum absolute atomic E-state index is 13.3. The summed E-state index contributed by atoms with van der Waals surface area (Å²) >= 11 is 0. The summed E-state index contributed by atoms with van der Waals surface area (Å²) in [5.74, 6) is -1.13. The number of nitrogens with zero attached hydrogens (tertiary/aromatic N) is 2. The molecule has 1 aliphatic carbocycles. The monoisotopic (exact) mass is 448 g/mol. The van der Waals surface area contributed by atoms with Crippen molar-refractivity contribution >= 4 is 12.1 Å². The minimum absolute atomic E-state index is 0.0487. The van der Waals surface area contributed by atoms with E-state index in [9.17, 15) is 14.0 Å². The summed E-state index contributed by atoms with van der Waals surface area (Å²) in [5.41, 5.74) is 4.99. The molecule has 1 aliphatic heterocycles. The first-order chi connectivity index (χ1) is 16.1. The number of hydrogen-bond donors (Lipinski definition) is 0. The molecule has 5 rings (SSSR count). The van der Waals surface area contributed by atoms with Gasteiger partial charge in [0.1, 0.15) is 12.4 Å². The fourth-order valence-corrected chi connectivity index (χ4v) is 4.28. The van der Waals surface area contributed by atoms with E-state index in [4.69, 9.17) is 14.2 Å². The van der Waals surface area contributed by atoms with Crippen LogP contribution in [-0.4, -0.2) is 47.9 Å². The normalized spacial score (nSPS) is 16.9. The van der Waals surface area contributed by atoms with Crippen LogP contribution >= 0.6 is 0 Å². The largest absolute Gasteiger partial charge is 0.448 e. The number of hydrogen-bond acceptors (Lipinski definition) is 6. The van der Waals surface area contributed by atoms with Crippen molar-refractivity contribution in [1.29, 1.82) is 0 Å². The number of aromatic nitrogens is 1. The maximum atomic E-state index is 13.3. The smallest absolute Gasteiger partial charge is 0.413 e. The molecule has 0 spiro atoms. The van der Waals surface area contributed by atoms with Crippen LogP contribution in [0.2, 0.25) is 0 Å². The van der Waals surface area contributed by atoms with Gasteiger partial charge in [0.2, 0.25) is 0 Å². The van der Waals surface area contributed by atoms with E-state index >= 15 is 0 Å². The second-order valence-electron chi connectivity index (χ2n) is 7.91. The van der Waals surface area contributed by atoms with Crippen molar-refractivity contribution in [1.82, 2.24) is 9.88 Å². The molecule has 0 unspecified atom stereocenters. The van der Waals surface area contributed by atoms with Gasteiger partial charge in [-0.2, -0.15) is 0 Å². The van der Waals surface area contributed by atoms with Gasteiger partial charge in [0.05, 0.1) is 19.4 Å². The topological polar surface area (TPSA) is 78.0 Å². The molecule has 1 atom stereocenters. The highest BCUT2D eigenvalue weighted by Gasteiger charge is 2.39. The molecular formula is C25H21FN2O5. The van der Waals surface area contributed by atoms with Crippen molar-refractivity contribution in [2.75, 3.05) is 19.9 Å². The Hall–Kier alpha value is -3.78. The zero-order valence-electron chi connectivity index (χ0n) is 17.6. The number of rotatable bonds is 6. The molecule has 2 aliphatic rings. The highest BCUT2D eigenvalue weighted by Crippen LogP contribution is 2.44.